The maximum absolute atomic E-state index is 12.6. The average Bonchev–Trinajstić information content (AvgIpc) is 2.55. The van der Waals surface area contributed by atoms with E-state index >= 15 is 0 Å². The van der Waals surface area contributed by atoms with Crippen molar-refractivity contribution in [2.24, 2.45) is 0 Å². The molecule has 22 heavy (non-hydrogen) atoms. The van der Waals surface area contributed by atoms with Gasteiger partial charge in [-0.25, -0.2) is 0 Å². The van der Waals surface area contributed by atoms with Gasteiger partial charge in [0.25, 0.3) is 0 Å². The van der Waals surface area contributed by atoms with Gasteiger partial charge in [-0.3, -0.25) is 0 Å². The van der Waals surface area contributed by atoms with Crippen molar-refractivity contribution in [3.8, 4) is 22.3 Å². The molecule has 0 radical (unpaired) electrons. The van der Waals surface area contributed by atoms with Crippen molar-refractivity contribution in [2.75, 3.05) is 0 Å². The Bertz CT molecular complexity index is 757. The van der Waals surface area contributed by atoms with E-state index in [1.165, 1.54) is 12.1 Å². The second-order valence-electron chi connectivity index (χ2n) is 5.02. The van der Waals surface area contributed by atoms with Gasteiger partial charge >= 0.3 is 6.18 Å². The molecule has 3 aromatic carbocycles. The lowest BCUT2D eigenvalue weighted by Gasteiger charge is -2.09. The third-order valence-corrected chi connectivity index (χ3v) is 3.52. The van der Waals surface area contributed by atoms with Crippen LogP contribution < -0.4 is 0 Å². The largest absolute Gasteiger partial charge is 0.416 e. The molecule has 0 aliphatic rings. The van der Waals surface area contributed by atoms with E-state index in [9.17, 15) is 13.2 Å². The molecule has 0 heterocycles. The van der Waals surface area contributed by atoms with Crippen LogP contribution in [-0.4, -0.2) is 0 Å². The molecule has 0 aromatic heterocycles. The van der Waals surface area contributed by atoms with Crippen molar-refractivity contribution >= 4 is 0 Å². The number of hydrogen-bond donors (Lipinski definition) is 0. The highest BCUT2D eigenvalue weighted by Gasteiger charge is 2.29. The van der Waals surface area contributed by atoms with Gasteiger partial charge in [-0.05, 0) is 40.5 Å². The Hall–Kier alpha value is -2.55. The van der Waals surface area contributed by atoms with Crippen LogP contribution in [0.3, 0.4) is 0 Å². The van der Waals surface area contributed by atoms with Crippen LogP contribution in [0.5, 0.6) is 0 Å². The Kier molecular flexibility index (Phi) is 3.72. The molecule has 0 bridgehead atoms. The molecule has 0 spiro atoms. The highest BCUT2D eigenvalue weighted by atomic mass is 19.4. The van der Waals surface area contributed by atoms with E-state index < -0.39 is 11.7 Å². The first kappa shape index (κ1) is 14.4. The van der Waals surface area contributed by atoms with Crippen molar-refractivity contribution in [3.63, 3.8) is 0 Å². The van der Waals surface area contributed by atoms with Crippen molar-refractivity contribution in [2.45, 2.75) is 6.18 Å². The van der Waals surface area contributed by atoms with Crippen LogP contribution in [0.25, 0.3) is 22.3 Å². The smallest absolute Gasteiger partial charge is 0.166 e. The Balaban J connectivity index is 1.96. The fraction of sp³-hybridized carbons (Fsp3) is 0.0526. The van der Waals surface area contributed by atoms with E-state index in [0.29, 0.717) is 0 Å². The summed E-state index contributed by atoms with van der Waals surface area (Å²) in [5.41, 5.74) is 3.16. The summed E-state index contributed by atoms with van der Waals surface area (Å²) >= 11 is 0. The fourth-order valence-corrected chi connectivity index (χ4v) is 2.36. The molecule has 0 atom stereocenters. The second-order valence-corrected chi connectivity index (χ2v) is 5.02. The predicted molar refractivity (Wildman–Crippen MR) is 82.3 cm³/mol. The van der Waals surface area contributed by atoms with E-state index in [1.54, 1.807) is 0 Å². The van der Waals surface area contributed by atoms with Gasteiger partial charge in [0, 0.05) is 0 Å². The quantitative estimate of drug-likeness (QED) is 0.541. The second kappa shape index (κ2) is 5.68. The zero-order valence-electron chi connectivity index (χ0n) is 11.6. The van der Waals surface area contributed by atoms with Gasteiger partial charge in [0.2, 0.25) is 0 Å². The highest BCUT2D eigenvalue weighted by Crippen LogP contribution is 2.32. The van der Waals surface area contributed by atoms with Crippen LogP contribution in [0.2, 0.25) is 0 Å². The molecule has 0 saturated carbocycles. The molecule has 3 aromatic rings. The van der Waals surface area contributed by atoms with Gasteiger partial charge in [-0.15, -0.1) is 0 Å². The third kappa shape index (κ3) is 3.03. The molecule has 0 N–H and O–H groups in total. The third-order valence-electron chi connectivity index (χ3n) is 3.52. The van der Waals surface area contributed by atoms with Crippen molar-refractivity contribution in [1.29, 1.82) is 0 Å². The average molecular weight is 298 g/mol. The van der Waals surface area contributed by atoms with Gasteiger partial charge in [0.1, 0.15) is 0 Å². The Morgan fingerprint density at radius 2 is 1.00 bits per heavy atom. The van der Waals surface area contributed by atoms with Crippen LogP contribution in [0.15, 0.2) is 78.9 Å². The van der Waals surface area contributed by atoms with E-state index in [4.69, 9.17) is 0 Å². The molecule has 3 heteroatoms. The monoisotopic (exact) mass is 298 g/mol. The van der Waals surface area contributed by atoms with E-state index in [1.807, 2.05) is 54.6 Å². The molecule has 0 fully saturated rings. The van der Waals surface area contributed by atoms with Gasteiger partial charge < -0.3 is 0 Å². The number of halogens is 3. The van der Waals surface area contributed by atoms with Crippen LogP contribution >= 0.6 is 0 Å². The zero-order chi connectivity index (χ0) is 15.6. The lowest BCUT2D eigenvalue weighted by atomic mass is 9.98. The van der Waals surface area contributed by atoms with Gasteiger partial charge in [-0.1, -0.05) is 60.7 Å². The molecule has 0 unspecified atom stereocenters. The number of rotatable bonds is 2. The van der Waals surface area contributed by atoms with Crippen molar-refractivity contribution in [3.05, 3.63) is 84.4 Å². The molecule has 0 aliphatic heterocycles. The van der Waals surface area contributed by atoms with Crippen molar-refractivity contribution in [1.82, 2.24) is 0 Å². The molecule has 0 aliphatic carbocycles. The first-order chi connectivity index (χ1) is 10.5. The Labute approximate surface area is 126 Å². The minimum atomic E-state index is -4.30. The number of alkyl halides is 3. The number of hydrogen-bond acceptors (Lipinski definition) is 0. The fourth-order valence-electron chi connectivity index (χ4n) is 2.36. The van der Waals surface area contributed by atoms with Crippen LogP contribution in [0.1, 0.15) is 5.56 Å². The summed E-state index contributed by atoms with van der Waals surface area (Å²) in [4.78, 5) is 0. The summed E-state index contributed by atoms with van der Waals surface area (Å²) in [6.07, 6.45) is -4.30. The zero-order valence-corrected chi connectivity index (χ0v) is 11.6. The normalized spacial score (nSPS) is 11.4. The number of benzene rings is 3. The molecule has 0 amide bonds. The SMILES string of the molecule is FC(F)(F)c1ccc(-c2cccc(-c3ccccc3)c2)cc1. The van der Waals surface area contributed by atoms with Crippen molar-refractivity contribution < 1.29 is 13.2 Å². The molecule has 0 nitrogen and oxygen atoms in total. The molecular formula is C19H13F3. The first-order valence-corrected chi connectivity index (χ1v) is 6.87. The van der Waals surface area contributed by atoms with Crippen LogP contribution in [0, 0.1) is 0 Å². The topological polar surface area (TPSA) is 0 Å². The summed E-state index contributed by atoms with van der Waals surface area (Å²) < 4.78 is 37.8. The molecule has 3 rings (SSSR count). The van der Waals surface area contributed by atoms with E-state index in [0.717, 1.165) is 34.4 Å². The van der Waals surface area contributed by atoms with Gasteiger partial charge in [0.15, 0.2) is 0 Å². The highest BCUT2D eigenvalue weighted by molar-refractivity contribution is 5.73. The molecule has 0 saturated heterocycles. The maximum Gasteiger partial charge on any atom is 0.416 e. The molecular weight excluding hydrogens is 285 g/mol. The predicted octanol–water partition coefficient (Wildman–Crippen LogP) is 6.04. The summed E-state index contributed by atoms with van der Waals surface area (Å²) in [5, 5.41) is 0. The lowest BCUT2D eigenvalue weighted by molar-refractivity contribution is -0.137. The van der Waals surface area contributed by atoms with E-state index in [-0.39, 0.29) is 0 Å². The summed E-state index contributed by atoms with van der Waals surface area (Å²) in [5.74, 6) is 0. The van der Waals surface area contributed by atoms with Crippen LogP contribution in [0.4, 0.5) is 13.2 Å². The summed E-state index contributed by atoms with van der Waals surface area (Å²) in [7, 11) is 0. The lowest BCUT2D eigenvalue weighted by Crippen LogP contribution is -2.03. The standard InChI is InChI=1S/C19H13F3/c20-19(21,22)18-11-9-15(10-12-18)17-8-4-7-16(13-17)14-5-2-1-3-6-14/h1-13H. The minimum absolute atomic E-state index is 0.629. The van der Waals surface area contributed by atoms with Gasteiger partial charge in [-0.2, -0.15) is 13.2 Å². The molecule has 110 valence electrons. The minimum Gasteiger partial charge on any atom is -0.166 e. The first-order valence-electron chi connectivity index (χ1n) is 6.87. The van der Waals surface area contributed by atoms with E-state index in [2.05, 4.69) is 0 Å². The van der Waals surface area contributed by atoms with Crippen LogP contribution in [-0.2, 0) is 6.18 Å². The summed E-state index contributed by atoms with van der Waals surface area (Å²) in [6, 6.07) is 22.9. The van der Waals surface area contributed by atoms with Gasteiger partial charge in [0.05, 0.1) is 5.56 Å². The maximum atomic E-state index is 12.6. The summed E-state index contributed by atoms with van der Waals surface area (Å²) in [6.45, 7) is 0. The Morgan fingerprint density at radius 1 is 0.500 bits per heavy atom. The Morgan fingerprint density at radius 3 is 1.55 bits per heavy atom.